The van der Waals surface area contributed by atoms with Gasteiger partial charge in [-0.05, 0) is 34.1 Å². The summed E-state index contributed by atoms with van der Waals surface area (Å²) in [7, 11) is 0. The minimum Gasteiger partial charge on any atom is -0.460 e. The van der Waals surface area contributed by atoms with Crippen LogP contribution in [-0.2, 0) is 14.3 Å². The second-order valence-electron chi connectivity index (χ2n) is 6.24. The van der Waals surface area contributed by atoms with Crippen molar-refractivity contribution in [2.45, 2.75) is 91.3 Å². The largest absolute Gasteiger partial charge is 0.460 e. The first kappa shape index (κ1) is 18.4. The van der Waals surface area contributed by atoms with Crippen molar-refractivity contribution in [2.75, 3.05) is 6.61 Å². The Hall–Kier alpha value is -0.570. The van der Waals surface area contributed by atoms with E-state index in [1.807, 2.05) is 27.7 Å². The lowest BCUT2D eigenvalue weighted by molar-refractivity contribution is -0.154. The van der Waals surface area contributed by atoms with Crippen molar-refractivity contribution in [1.82, 2.24) is 0 Å². The Balaban J connectivity index is 3.52. The number of unbranched alkanes of at least 4 members (excludes halogenated alkanes) is 5. The van der Waals surface area contributed by atoms with Crippen LogP contribution in [0.4, 0.5) is 0 Å². The van der Waals surface area contributed by atoms with Gasteiger partial charge in [-0.15, -0.1) is 0 Å². The highest BCUT2D eigenvalue weighted by molar-refractivity contribution is 5.69. The zero-order chi connectivity index (χ0) is 14.7. The molecule has 0 spiro atoms. The maximum Gasteiger partial charge on any atom is 0.306 e. The van der Waals surface area contributed by atoms with Gasteiger partial charge in [0.15, 0.2) is 0 Å². The van der Waals surface area contributed by atoms with Crippen LogP contribution < -0.4 is 0 Å². The van der Waals surface area contributed by atoms with Crippen LogP contribution in [0.3, 0.4) is 0 Å². The second-order valence-corrected chi connectivity index (χ2v) is 6.24. The molecule has 0 saturated heterocycles. The molecule has 0 saturated carbocycles. The number of hydrogen-bond donors (Lipinski definition) is 0. The molecule has 0 amide bonds. The van der Waals surface area contributed by atoms with Gasteiger partial charge < -0.3 is 9.47 Å². The SMILES string of the molecule is CCCCCCCCC(=O)OC(C)COC(C)(C)C. The van der Waals surface area contributed by atoms with Gasteiger partial charge in [0.25, 0.3) is 0 Å². The molecular formula is C16H32O3. The van der Waals surface area contributed by atoms with E-state index in [-0.39, 0.29) is 17.7 Å². The van der Waals surface area contributed by atoms with Crippen molar-refractivity contribution in [3.8, 4) is 0 Å². The van der Waals surface area contributed by atoms with E-state index in [4.69, 9.17) is 9.47 Å². The number of carbonyl (C=O) groups is 1. The molecule has 0 rings (SSSR count). The Morgan fingerprint density at radius 3 is 2.21 bits per heavy atom. The normalized spacial score (nSPS) is 13.3. The van der Waals surface area contributed by atoms with Gasteiger partial charge in [-0.25, -0.2) is 0 Å². The summed E-state index contributed by atoms with van der Waals surface area (Å²) < 4.78 is 10.9. The highest BCUT2D eigenvalue weighted by Gasteiger charge is 2.15. The van der Waals surface area contributed by atoms with Gasteiger partial charge >= 0.3 is 5.97 Å². The molecule has 19 heavy (non-hydrogen) atoms. The molecule has 0 N–H and O–H groups in total. The summed E-state index contributed by atoms with van der Waals surface area (Å²) in [5.41, 5.74) is -0.181. The van der Waals surface area contributed by atoms with E-state index in [9.17, 15) is 4.79 Å². The Morgan fingerprint density at radius 2 is 1.63 bits per heavy atom. The molecule has 0 aromatic rings. The average molecular weight is 272 g/mol. The molecule has 3 heteroatoms. The predicted octanol–water partition coefficient (Wildman–Crippen LogP) is 4.48. The molecule has 3 nitrogen and oxygen atoms in total. The maximum atomic E-state index is 11.6. The van der Waals surface area contributed by atoms with Crippen molar-refractivity contribution >= 4 is 5.97 Å². The fourth-order valence-electron chi connectivity index (χ4n) is 1.73. The summed E-state index contributed by atoms with van der Waals surface area (Å²) in [4.78, 5) is 11.6. The van der Waals surface area contributed by atoms with E-state index in [1.54, 1.807) is 0 Å². The first-order chi connectivity index (χ1) is 8.85. The molecule has 0 aliphatic rings. The molecule has 0 bridgehead atoms. The van der Waals surface area contributed by atoms with Gasteiger partial charge in [0.1, 0.15) is 6.10 Å². The second kappa shape index (κ2) is 10.2. The van der Waals surface area contributed by atoms with Crippen LogP contribution in [0, 0.1) is 0 Å². The first-order valence-corrected chi connectivity index (χ1v) is 7.68. The van der Waals surface area contributed by atoms with E-state index < -0.39 is 0 Å². The molecule has 0 heterocycles. The number of carbonyl (C=O) groups excluding carboxylic acids is 1. The number of rotatable bonds is 10. The molecule has 0 aromatic carbocycles. The predicted molar refractivity (Wildman–Crippen MR) is 79.3 cm³/mol. The van der Waals surface area contributed by atoms with E-state index in [1.165, 1.54) is 25.7 Å². The van der Waals surface area contributed by atoms with E-state index in [0.717, 1.165) is 12.8 Å². The van der Waals surface area contributed by atoms with Crippen molar-refractivity contribution in [3.63, 3.8) is 0 Å². The smallest absolute Gasteiger partial charge is 0.306 e. The average Bonchev–Trinajstić information content (AvgIpc) is 2.30. The summed E-state index contributed by atoms with van der Waals surface area (Å²) in [5, 5.41) is 0. The van der Waals surface area contributed by atoms with Gasteiger partial charge in [-0.1, -0.05) is 39.0 Å². The molecule has 0 aromatic heterocycles. The van der Waals surface area contributed by atoms with Crippen LogP contribution in [0.15, 0.2) is 0 Å². The zero-order valence-corrected chi connectivity index (χ0v) is 13.5. The van der Waals surface area contributed by atoms with Crippen molar-refractivity contribution in [1.29, 1.82) is 0 Å². The molecule has 0 radical (unpaired) electrons. The highest BCUT2D eigenvalue weighted by atomic mass is 16.6. The molecule has 1 atom stereocenters. The summed E-state index contributed by atoms with van der Waals surface area (Å²) in [5.74, 6) is -0.0968. The van der Waals surface area contributed by atoms with E-state index >= 15 is 0 Å². The Labute approximate surface area is 119 Å². The lowest BCUT2D eigenvalue weighted by Gasteiger charge is -2.22. The molecule has 0 fully saturated rings. The minimum absolute atomic E-state index is 0.0968. The Kier molecular flexibility index (Phi) is 9.94. The molecule has 114 valence electrons. The van der Waals surface area contributed by atoms with Crippen molar-refractivity contribution < 1.29 is 14.3 Å². The third kappa shape index (κ3) is 13.7. The van der Waals surface area contributed by atoms with Crippen LogP contribution in [0.2, 0.25) is 0 Å². The van der Waals surface area contributed by atoms with Crippen LogP contribution in [0.25, 0.3) is 0 Å². The summed E-state index contributed by atoms with van der Waals surface area (Å²) in [6, 6.07) is 0. The van der Waals surface area contributed by atoms with E-state index in [0.29, 0.717) is 13.0 Å². The summed E-state index contributed by atoms with van der Waals surface area (Å²) in [6.07, 6.45) is 7.50. The fraction of sp³-hybridized carbons (Fsp3) is 0.938. The number of hydrogen-bond acceptors (Lipinski definition) is 3. The molecule has 0 aliphatic carbocycles. The van der Waals surface area contributed by atoms with E-state index in [2.05, 4.69) is 6.92 Å². The summed E-state index contributed by atoms with van der Waals surface area (Å²) in [6.45, 7) is 10.5. The van der Waals surface area contributed by atoms with Crippen LogP contribution in [0.5, 0.6) is 0 Å². The van der Waals surface area contributed by atoms with Gasteiger partial charge in [0.05, 0.1) is 12.2 Å². The topological polar surface area (TPSA) is 35.5 Å². The van der Waals surface area contributed by atoms with Gasteiger partial charge in [0.2, 0.25) is 0 Å². The molecule has 0 aliphatic heterocycles. The van der Waals surface area contributed by atoms with Crippen LogP contribution >= 0.6 is 0 Å². The van der Waals surface area contributed by atoms with Crippen molar-refractivity contribution in [3.05, 3.63) is 0 Å². The van der Waals surface area contributed by atoms with Gasteiger partial charge in [-0.2, -0.15) is 0 Å². The minimum atomic E-state index is -0.181. The quantitative estimate of drug-likeness (QED) is 0.434. The summed E-state index contributed by atoms with van der Waals surface area (Å²) >= 11 is 0. The third-order valence-corrected chi connectivity index (χ3v) is 2.82. The Morgan fingerprint density at radius 1 is 1.05 bits per heavy atom. The number of ether oxygens (including phenoxy) is 2. The number of esters is 1. The fourth-order valence-corrected chi connectivity index (χ4v) is 1.73. The lowest BCUT2D eigenvalue weighted by atomic mass is 10.1. The first-order valence-electron chi connectivity index (χ1n) is 7.68. The van der Waals surface area contributed by atoms with Crippen molar-refractivity contribution in [2.24, 2.45) is 0 Å². The maximum absolute atomic E-state index is 11.6. The van der Waals surface area contributed by atoms with Gasteiger partial charge in [0, 0.05) is 6.42 Å². The Bertz CT molecular complexity index is 231. The van der Waals surface area contributed by atoms with Crippen LogP contribution in [0.1, 0.15) is 79.6 Å². The molecular weight excluding hydrogens is 240 g/mol. The monoisotopic (exact) mass is 272 g/mol. The van der Waals surface area contributed by atoms with Crippen LogP contribution in [-0.4, -0.2) is 24.3 Å². The third-order valence-electron chi connectivity index (χ3n) is 2.82. The lowest BCUT2D eigenvalue weighted by Crippen LogP contribution is -2.27. The van der Waals surface area contributed by atoms with Gasteiger partial charge in [-0.3, -0.25) is 4.79 Å². The standard InChI is InChI=1S/C16H32O3/c1-6-7-8-9-10-11-12-15(17)19-14(2)13-18-16(3,4)5/h14H,6-13H2,1-5H3. The molecule has 1 unspecified atom stereocenters. The zero-order valence-electron chi connectivity index (χ0n) is 13.5. The highest BCUT2D eigenvalue weighted by Crippen LogP contribution is 2.10.